The Morgan fingerprint density at radius 2 is 1.76 bits per heavy atom. The van der Waals surface area contributed by atoms with E-state index in [4.69, 9.17) is 0 Å². The normalized spacial score (nSPS) is 16.9. The number of hydrogen-bond donors (Lipinski definition) is 1. The average Bonchev–Trinajstić information content (AvgIpc) is 2.99. The molecule has 25 heavy (non-hydrogen) atoms. The first-order chi connectivity index (χ1) is 12.2. The monoisotopic (exact) mass is 354 g/mol. The third-order valence-electron chi connectivity index (χ3n) is 4.21. The van der Waals surface area contributed by atoms with Gasteiger partial charge in [-0.15, -0.1) is 11.8 Å². The van der Waals surface area contributed by atoms with E-state index in [2.05, 4.69) is 17.4 Å². The first-order valence-corrected chi connectivity index (χ1v) is 9.48. The van der Waals surface area contributed by atoms with Gasteiger partial charge in [-0.2, -0.15) is 0 Å². The summed E-state index contributed by atoms with van der Waals surface area (Å²) < 4.78 is 0. The Kier molecular flexibility index (Phi) is 6.12. The molecular formula is C20H22N2O2S. The maximum Gasteiger partial charge on any atom is 0.230 e. The van der Waals surface area contributed by atoms with Crippen LogP contribution in [0.25, 0.3) is 0 Å². The van der Waals surface area contributed by atoms with E-state index in [1.165, 1.54) is 17.3 Å². The minimum atomic E-state index is -0.0767. The molecule has 130 valence electrons. The molecule has 1 aliphatic rings. The average molecular weight is 354 g/mol. The lowest BCUT2D eigenvalue weighted by Crippen LogP contribution is -2.38. The fourth-order valence-electron chi connectivity index (χ4n) is 2.93. The van der Waals surface area contributed by atoms with Crippen LogP contribution in [0, 0.1) is 0 Å². The van der Waals surface area contributed by atoms with Crippen molar-refractivity contribution in [3.05, 3.63) is 66.2 Å². The zero-order valence-electron chi connectivity index (χ0n) is 14.1. The molecule has 2 amide bonds. The molecule has 0 spiro atoms. The molecule has 2 aromatic carbocycles. The largest absolute Gasteiger partial charge is 0.350 e. The lowest BCUT2D eigenvalue weighted by molar-refractivity contribution is -0.127. The second-order valence-electron chi connectivity index (χ2n) is 6.15. The molecule has 1 aliphatic heterocycles. The van der Waals surface area contributed by atoms with Crippen molar-refractivity contribution in [1.82, 2.24) is 10.2 Å². The van der Waals surface area contributed by atoms with Crippen molar-refractivity contribution in [2.75, 3.05) is 18.8 Å². The lowest BCUT2D eigenvalue weighted by Gasteiger charge is -2.17. The number of benzene rings is 2. The molecule has 4 nitrogen and oxygen atoms in total. The highest BCUT2D eigenvalue weighted by Crippen LogP contribution is 2.17. The first-order valence-electron chi connectivity index (χ1n) is 8.49. The molecule has 1 fully saturated rings. The molecular weight excluding hydrogens is 332 g/mol. The van der Waals surface area contributed by atoms with E-state index in [0.29, 0.717) is 25.3 Å². The van der Waals surface area contributed by atoms with Crippen LogP contribution in [0.1, 0.15) is 12.0 Å². The third kappa shape index (κ3) is 5.36. The Morgan fingerprint density at radius 1 is 1.08 bits per heavy atom. The Balaban J connectivity index is 1.41. The van der Waals surface area contributed by atoms with Crippen LogP contribution >= 0.6 is 11.8 Å². The molecule has 1 N–H and O–H groups in total. The smallest absolute Gasteiger partial charge is 0.230 e. The molecule has 1 atom stereocenters. The highest BCUT2D eigenvalue weighted by atomic mass is 32.2. The summed E-state index contributed by atoms with van der Waals surface area (Å²) in [6, 6.07) is 19.9. The van der Waals surface area contributed by atoms with Gasteiger partial charge >= 0.3 is 0 Å². The van der Waals surface area contributed by atoms with Crippen LogP contribution in [0.3, 0.4) is 0 Å². The van der Waals surface area contributed by atoms with Crippen molar-refractivity contribution in [2.24, 2.45) is 0 Å². The van der Waals surface area contributed by atoms with Gasteiger partial charge in [0, 0.05) is 24.4 Å². The van der Waals surface area contributed by atoms with Gasteiger partial charge in [0.05, 0.1) is 11.8 Å². The van der Waals surface area contributed by atoms with Crippen LogP contribution in [0.15, 0.2) is 65.6 Å². The summed E-state index contributed by atoms with van der Waals surface area (Å²) in [7, 11) is 0. The first kappa shape index (κ1) is 17.5. The Hall–Kier alpha value is -2.27. The molecule has 0 aliphatic carbocycles. The summed E-state index contributed by atoms with van der Waals surface area (Å²) in [6.45, 7) is 1.31. The highest BCUT2D eigenvalue weighted by molar-refractivity contribution is 8.00. The number of nitrogens with one attached hydrogen (secondary N) is 1. The number of thioether (sulfide) groups is 1. The third-order valence-corrected chi connectivity index (χ3v) is 5.22. The molecule has 0 unspecified atom stereocenters. The van der Waals surface area contributed by atoms with Crippen LogP contribution in [0.4, 0.5) is 0 Å². The number of hydrogen-bond acceptors (Lipinski definition) is 3. The highest BCUT2D eigenvalue weighted by Gasteiger charge is 2.30. The lowest BCUT2D eigenvalue weighted by atomic mass is 10.1. The molecule has 2 aromatic rings. The van der Waals surface area contributed by atoms with Crippen LogP contribution in [0.5, 0.6) is 0 Å². The number of nitrogens with zero attached hydrogens (tertiary/aromatic N) is 1. The zero-order valence-corrected chi connectivity index (χ0v) is 14.9. The Labute approximate surface area is 152 Å². The quantitative estimate of drug-likeness (QED) is 0.778. The summed E-state index contributed by atoms with van der Waals surface area (Å²) >= 11 is 1.51. The molecule has 3 rings (SSSR count). The van der Waals surface area contributed by atoms with Crippen LogP contribution in [0.2, 0.25) is 0 Å². The summed E-state index contributed by atoms with van der Waals surface area (Å²) in [6.07, 6.45) is 1.24. The maximum absolute atomic E-state index is 12.1. The van der Waals surface area contributed by atoms with Crippen molar-refractivity contribution < 1.29 is 9.59 Å². The molecule has 0 bridgehead atoms. The molecule has 1 saturated heterocycles. The van der Waals surface area contributed by atoms with Gasteiger partial charge in [-0.3, -0.25) is 9.59 Å². The predicted octanol–water partition coefficient (Wildman–Crippen LogP) is 2.74. The second kappa shape index (κ2) is 8.72. The van der Waals surface area contributed by atoms with E-state index in [0.717, 1.165) is 11.3 Å². The molecule has 0 saturated carbocycles. The van der Waals surface area contributed by atoms with Gasteiger partial charge in [0.25, 0.3) is 0 Å². The van der Waals surface area contributed by atoms with Crippen molar-refractivity contribution in [2.45, 2.75) is 23.8 Å². The molecule has 1 heterocycles. The maximum atomic E-state index is 12.1. The van der Waals surface area contributed by atoms with Gasteiger partial charge < -0.3 is 10.2 Å². The van der Waals surface area contributed by atoms with Crippen LogP contribution < -0.4 is 5.32 Å². The van der Waals surface area contributed by atoms with Crippen molar-refractivity contribution in [3.8, 4) is 0 Å². The number of carbonyl (C=O) groups is 2. The van der Waals surface area contributed by atoms with Crippen molar-refractivity contribution in [3.63, 3.8) is 0 Å². The van der Waals surface area contributed by atoms with Crippen LogP contribution in [-0.4, -0.2) is 41.6 Å². The van der Waals surface area contributed by atoms with E-state index in [9.17, 15) is 9.59 Å². The number of rotatable bonds is 7. The fourth-order valence-corrected chi connectivity index (χ4v) is 3.66. The fraction of sp³-hybridized carbons (Fsp3) is 0.300. The number of carbonyl (C=O) groups excluding carboxylic acids is 2. The number of likely N-dealkylation sites (tertiary alicyclic amines) is 1. The van der Waals surface area contributed by atoms with E-state index < -0.39 is 0 Å². The van der Waals surface area contributed by atoms with E-state index in [-0.39, 0.29) is 17.9 Å². The standard InChI is InChI=1S/C20H22N2O2S/c23-19(15-25-18-9-5-2-6-10-18)21-17-13-20(24)22(14-17)12-11-16-7-3-1-4-8-16/h1-10,17H,11-15H2,(H,21,23)/t17-/m1/s1. The number of amides is 2. The second-order valence-corrected chi connectivity index (χ2v) is 7.19. The van der Waals surface area contributed by atoms with Gasteiger partial charge in [0.1, 0.15) is 0 Å². The molecule has 0 radical (unpaired) electrons. The topological polar surface area (TPSA) is 49.4 Å². The predicted molar refractivity (Wildman–Crippen MR) is 100 cm³/mol. The minimum absolute atomic E-state index is 0.0171. The van der Waals surface area contributed by atoms with Crippen molar-refractivity contribution in [1.29, 1.82) is 0 Å². The minimum Gasteiger partial charge on any atom is -0.350 e. The van der Waals surface area contributed by atoms with Gasteiger partial charge in [-0.1, -0.05) is 48.5 Å². The summed E-state index contributed by atoms with van der Waals surface area (Å²) in [5, 5.41) is 2.99. The van der Waals surface area contributed by atoms with Crippen LogP contribution in [-0.2, 0) is 16.0 Å². The summed E-state index contributed by atoms with van der Waals surface area (Å²) in [5.74, 6) is 0.479. The Bertz CT molecular complexity index is 706. The van der Waals surface area contributed by atoms with Gasteiger partial charge in [-0.05, 0) is 24.1 Å². The zero-order chi connectivity index (χ0) is 17.5. The van der Waals surface area contributed by atoms with E-state index >= 15 is 0 Å². The molecule has 0 aromatic heterocycles. The summed E-state index contributed by atoms with van der Waals surface area (Å²) in [4.78, 5) is 27.2. The van der Waals surface area contributed by atoms with Gasteiger partial charge in [-0.25, -0.2) is 0 Å². The van der Waals surface area contributed by atoms with Crippen molar-refractivity contribution >= 4 is 23.6 Å². The van der Waals surface area contributed by atoms with Gasteiger partial charge in [0.15, 0.2) is 0 Å². The Morgan fingerprint density at radius 3 is 2.48 bits per heavy atom. The SMILES string of the molecule is O=C(CSc1ccccc1)N[C@@H]1CC(=O)N(CCc2ccccc2)C1. The summed E-state index contributed by atoms with van der Waals surface area (Å²) in [5.41, 5.74) is 1.22. The van der Waals surface area contributed by atoms with E-state index in [1.807, 2.05) is 53.4 Å². The van der Waals surface area contributed by atoms with Gasteiger partial charge in [0.2, 0.25) is 11.8 Å². The molecule has 5 heteroatoms. The van der Waals surface area contributed by atoms with E-state index in [1.54, 1.807) is 0 Å².